The highest BCUT2D eigenvalue weighted by molar-refractivity contribution is 7.91. The van der Waals surface area contributed by atoms with Crippen molar-refractivity contribution in [1.29, 1.82) is 0 Å². The average Bonchev–Trinajstić information content (AvgIpc) is 2.74. The lowest BCUT2D eigenvalue weighted by molar-refractivity contribution is -0.148. The van der Waals surface area contributed by atoms with Gasteiger partial charge in [0.15, 0.2) is 9.84 Å². The van der Waals surface area contributed by atoms with Crippen LogP contribution in [0.15, 0.2) is 12.7 Å². The second-order valence-electron chi connectivity index (χ2n) is 5.60. The maximum atomic E-state index is 12.4. The molecule has 0 aromatic rings. The molecule has 1 atom stereocenters. The first-order valence-corrected chi connectivity index (χ1v) is 8.31. The first kappa shape index (κ1) is 16.7. The number of hydrogen-bond acceptors (Lipinski definition) is 4. The number of nitrogens with zero attached hydrogens (tertiary/aromatic N) is 1. The number of rotatable bonds is 5. The Hall–Kier alpha value is -1.37. The summed E-state index contributed by atoms with van der Waals surface area (Å²) in [5.74, 6) is -0.700. The third kappa shape index (κ3) is 3.59. The molecule has 1 fully saturated rings. The van der Waals surface area contributed by atoms with Crippen molar-refractivity contribution < 1.29 is 18.0 Å². The third-order valence-corrected chi connectivity index (χ3v) is 5.34. The Morgan fingerprint density at radius 3 is 2.50 bits per heavy atom. The topological polar surface area (TPSA) is 83.6 Å². The highest BCUT2D eigenvalue weighted by Crippen LogP contribution is 2.24. The van der Waals surface area contributed by atoms with E-state index in [0.717, 1.165) is 0 Å². The van der Waals surface area contributed by atoms with Crippen molar-refractivity contribution in [2.75, 3.05) is 25.1 Å². The molecule has 0 saturated carbocycles. The Labute approximate surface area is 120 Å². The molecule has 6 nitrogen and oxygen atoms in total. The summed E-state index contributed by atoms with van der Waals surface area (Å²) < 4.78 is 22.9. The Morgan fingerprint density at radius 1 is 1.45 bits per heavy atom. The Balaban J connectivity index is 2.77. The van der Waals surface area contributed by atoms with Crippen LogP contribution in [0.2, 0.25) is 0 Å². The highest BCUT2D eigenvalue weighted by atomic mass is 32.2. The Kier molecular flexibility index (Phi) is 4.96. The Bertz CT molecular complexity index is 510. The van der Waals surface area contributed by atoms with Crippen molar-refractivity contribution in [3.05, 3.63) is 12.7 Å². The smallest absolute Gasteiger partial charge is 0.237 e. The molecule has 0 radical (unpaired) electrons. The normalized spacial score (nSPS) is 21.2. The number of carbonyl (C=O) groups is 2. The van der Waals surface area contributed by atoms with E-state index in [9.17, 15) is 18.0 Å². The van der Waals surface area contributed by atoms with Crippen LogP contribution < -0.4 is 5.32 Å². The van der Waals surface area contributed by atoms with Crippen molar-refractivity contribution in [2.24, 2.45) is 5.41 Å². The van der Waals surface area contributed by atoms with Gasteiger partial charge in [-0.15, -0.1) is 6.58 Å². The fraction of sp³-hybridized carbons (Fsp3) is 0.692. The minimum Gasteiger partial charge on any atom is -0.352 e. The molecule has 1 unspecified atom stereocenters. The van der Waals surface area contributed by atoms with E-state index in [1.165, 1.54) is 24.8 Å². The third-order valence-electron chi connectivity index (χ3n) is 3.59. The maximum Gasteiger partial charge on any atom is 0.237 e. The summed E-state index contributed by atoms with van der Waals surface area (Å²) in [5.41, 5.74) is -1.23. The maximum absolute atomic E-state index is 12.4. The number of sulfone groups is 1. The predicted octanol–water partition coefficient (Wildman–Crippen LogP) is -0.0397. The molecule has 0 aromatic heterocycles. The van der Waals surface area contributed by atoms with Gasteiger partial charge in [-0.25, -0.2) is 8.42 Å². The van der Waals surface area contributed by atoms with Crippen LogP contribution in [-0.2, 0) is 19.4 Å². The monoisotopic (exact) mass is 302 g/mol. The molecule has 2 amide bonds. The zero-order valence-electron chi connectivity index (χ0n) is 12.2. The van der Waals surface area contributed by atoms with Gasteiger partial charge in [0.2, 0.25) is 11.8 Å². The van der Waals surface area contributed by atoms with Crippen LogP contribution in [-0.4, -0.2) is 56.3 Å². The molecule has 1 aliphatic rings. The molecule has 7 heteroatoms. The summed E-state index contributed by atoms with van der Waals surface area (Å²) in [7, 11) is -1.51. The van der Waals surface area contributed by atoms with Gasteiger partial charge in [0, 0.05) is 19.6 Å². The van der Waals surface area contributed by atoms with Gasteiger partial charge < -0.3 is 10.2 Å². The number of carbonyl (C=O) groups excluding carboxylic acids is 2. The molecule has 0 bridgehead atoms. The molecule has 0 aliphatic carbocycles. The first-order chi connectivity index (χ1) is 9.12. The molecule has 1 aliphatic heterocycles. The van der Waals surface area contributed by atoms with Crippen LogP contribution in [0, 0.1) is 5.41 Å². The van der Waals surface area contributed by atoms with Crippen molar-refractivity contribution in [3.63, 3.8) is 0 Å². The zero-order valence-corrected chi connectivity index (χ0v) is 13.0. The minimum absolute atomic E-state index is 0.0282. The van der Waals surface area contributed by atoms with Crippen molar-refractivity contribution >= 4 is 21.7 Å². The fourth-order valence-corrected chi connectivity index (χ4v) is 3.94. The summed E-state index contributed by atoms with van der Waals surface area (Å²) in [5, 5.41) is 2.59. The van der Waals surface area contributed by atoms with E-state index in [0.29, 0.717) is 6.42 Å². The van der Waals surface area contributed by atoms with Crippen LogP contribution in [0.3, 0.4) is 0 Å². The van der Waals surface area contributed by atoms with Gasteiger partial charge in [-0.1, -0.05) is 6.08 Å². The molecule has 20 heavy (non-hydrogen) atoms. The molecular weight excluding hydrogens is 280 g/mol. The van der Waals surface area contributed by atoms with E-state index in [1.807, 2.05) is 0 Å². The van der Waals surface area contributed by atoms with Crippen LogP contribution in [0.4, 0.5) is 0 Å². The number of hydrogen-bond donors (Lipinski definition) is 1. The lowest BCUT2D eigenvalue weighted by Crippen LogP contribution is -2.51. The lowest BCUT2D eigenvalue weighted by atomic mass is 9.89. The molecule has 0 aromatic carbocycles. The predicted molar refractivity (Wildman–Crippen MR) is 76.8 cm³/mol. The standard InChI is InChI=1S/C13H22N2O4S/c1-5-7-14-11(16)13(2,3)12(17)15(4)10-6-8-20(18,19)9-10/h5,10H,1,6-9H2,2-4H3,(H,14,16). The van der Waals surface area contributed by atoms with Crippen molar-refractivity contribution in [3.8, 4) is 0 Å². The van der Waals surface area contributed by atoms with Gasteiger partial charge in [-0.3, -0.25) is 9.59 Å². The second-order valence-corrected chi connectivity index (χ2v) is 7.83. The van der Waals surface area contributed by atoms with E-state index in [1.54, 1.807) is 7.05 Å². The van der Waals surface area contributed by atoms with Crippen molar-refractivity contribution in [2.45, 2.75) is 26.3 Å². The summed E-state index contributed by atoms with van der Waals surface area (Å²) in [6.07, 6.45) is 1.96. The molecule has 1 rings (SSSR count). The van der Waals surface area contributed by atoms with Crippen LogP contribution in [0.25, 0.3) is 0 Å². The SMILES string of the molecule is C=CCNC(=O)C(C)(C)C(=O)N(C)C1CCS(=O)(=O)C1. The molecule has 1 saturated heterocycles. The van der Waals surface area contributed by atoms with Gasteiger partial charge in [-0.05, 0) is 20.3 Å². The summed E-state index contributed by atoms with van der Waals surface area (Å²) >= 11 is 0. The van der Waals surface area contributed by atoms with Crippen LogP contribution in [0.5, 0.6) is 0 Å². The number of amides is 2. The summed E-state index contributed by atoms with van der Waals surface area (Å²) in [6, 6.07) is -0.348. The van der Waals surface area contributed by atoms with E-state index >= 15 is 0 Å². The zero-order chi connectivity index (χ0) is 15.6. The summed E-state index contributed by atoms with van der Waals surface area (Å²) in [4.78, 5) is 25.8. The quantitative estimate of drug-likeness (QED) is 0.570. The van der Waals surface area contributed by atoms with Crippen LogP contribution >= 0.6 is 0 Å². The van der Waals surface area contributed by atoms with Gasteiger partial charge in [0.05, 0.1) is 11.5 Å². The molecule has 1 N–H and O–H groups in total. The molecule has 0 spiro atoms. The van der Waals surface area contributed by atoms with E-state index < -0.39 is 21.2 Å². The van der Waals surface area contributed by atoms with Crippen molar-refractivity contribution in [1.82, 2.24) is 10.2 Å². The summed E-state index contributed by atoms with van der Waals surface area (Å²) in [6.45, 7) is 6.86. The minimum atomic E-state index is -3.06. The van der Waals surface area contributed by atoms with E-state index in [4.69, 9.17) is 0 Å². The lowest BCUT2D eigenvalue weighted by Gasteiger charge is -2.31. The van der Waals surface area contributed by atoms with Gasteiger partial charge in [0.1, 0.15) is 5.41 Å². The van der Waals surface area contributed by atoms with Gasteiger partial charge in [-0.2, -0.15) is 0 Å². The second kappa shape index (κ2) is 5.95. The average molecular weight is 302 g/mol. The first-order valence-electron chi connectivity index (χ1n) is 6.48. The number of nitrogens with one attached hydrogen (secondary N) is 1. The van der Waals surface area contributed by atoms with E-state index in [2.05, 4.69) is 11.9 Å². The van der Waals surface area contributed by atoms with Crippen LogP contribution in [0.1, 0.15) is 20.3 Å². The Morgan fingerprint density at radius 2 is 2.05 bits per heavy atom. The molecular formula is C13H22N2O4S. The molecule has 114 valence electrons. The van der Waals surface area contributed by atoms with E-state index in [-0.39, 0.29) is 30.0 Å². The highest BCUT2D eigenvalue weighted by Gasteiger charge is 2.42. The van der Waals surface area contributed by atoms with Gasteiger partial charge >= 0.3 is 0 Å². The van der Waals surface area contributed by atoms with Gasteiger partial charge in [0.25, 0.3) is 0 Å². The fourth-order valence-electron chi connectivity index (χ4n) is 2.17. The largest absolute Gasteiger partial charge is 0.352 e. The molecule has 1 heterocycles.